The molecule has 0 amide bonds. The normalized spacial score (nSPS) is 15.8. The molecule has 0 fully saturated rings. The van der Waals surface area contributed by atoms with Crippen molar-refractivity contribution in [3.8, 4) is 16.9 Å². The third kappa shape index (κ3) is 5.25. The Labute approximate surface area is 225 Å². The molecule has 1 nitrogen and oxygen atoms in total. The van der Waals surface area contributed by atoms with Crippen LogP contribution in [0.5, 0.6) is 5.75 Å². The maximum atomic E-state index is 15.2. The number of alkyl halides is 5. The van der Waals surface area contributed by atoms with E-state index in [2.05, 4.69) is 0 Å². The van der Waals surface area contributed by atoms with Gasteiger partial charge in [0, 0.05) is 10.9 Å². The van der Waals surface area contributed by atoms with E-state index >= 15 is 8.78 Å². The molecule has 1 aliphatic carbocycles. The number of aryl methyl sites for hydroxylation is 2. The summed E-state index contributed by atoms with van der Waals surface area (Å²) in [5.74, 6) is -4.82. The van der Waals surface area contributed by atoms with E-state index in [0.717, 1.165) is 29.8 Å². The molecule has 0 radical (unpaired) electrons. The zero-order chi connectivity index (χ0) is 28.8. The highest BCUT2D eigenvalue weighted by Gasteiger charge is 2.44. The van der Waals surface area contributed by atoms with Gasteiger partial charge in [0.15, 0.2) is 11.6 Å². The summed E-state index contributed by atoms with van der Waals surface area (Å²) < 4.78 is 118. The van der Waals surface area contributed by atoms with Crippen molar-refractivity contribution in [1.82, 2.24) is 0 Å². The predicted octanol–water partition coefficient (Wildman–Crippen LogP) is 9.67. The second-order valence-corrected chi connectivity index (χ2v) is 10.0. The van der Waals surface area contributed by atoms with Gasteiger partial charge in [-0.05, 0) is 77.6 Å². The number of benzene rings is 4. The molecule has 40 heavy (non-hydrogen) atoms. The first kappa shape index (κ1) is 27.9. The van der Waals surface area contributed by atoms with E-state index < -0.39 is 41.2 Å². The molecule has 4 aromatic rings. The van der Waals surface area contributed by atoms with Crippen molar-refractivity contribution in [3.05, 3.63) is 100 Å². The minimum atomic E-state index is -4.89. The van der Waals surface area contributed by atoms with E-state index in [9.17, 15) is 26.3 Å². The van der Waals surface area contributed by atoms with Crippen LogP contribution in [-0.2, 0) is 25.4 Å². The third-order valence-electron chi connectivity index (χ3n) is 7.39. The first-order chi connectivity index (χ1) is 18.9. The summed E-state index contributed by atoms with van der Waals surface area (Å²) in [6, 6.07) is 12.6. The van der Waals surface area contributed by atoms with Gasteiger partial charge in [0.1, 0.15) is 11.6 Å². The van der Waals surface area contributed by atoms with E-state index in [0.29, 0.717) is 35.6 Å². The van der Waals surface area contributed by atoms with Crippen LogP contribution in [-0.4, -0.2) is 6.11 Å². The molecule has 0 aromatic heterocycles. The average Bonchev–Trinajstić information content (AvgIpc) is 2.90. The molecular formula is C31H24F8O. The SMILES string of the molecule is CCCc1ccc(-c2ccc3c(c2)CCC(C(F)(F)Oc2ccc4c(F)c(C(F)(F)F)ccc4c2)C3)c(F)c1F. The first-order valence-corrected chi connectivity index (χ1v) is 12.8. The molecule has 1 atom stereocenters. The summed E-state index contributed by atoms with van der Waals surface area (Å²) in [6.45, 7) is 1.87. The van der Waals surface area contributed by atoms with Gasteiger partial charge in [-0.15, -0.1) is 0 Å². The van der Waals surface area contributed by atoms with Gasteiger partial charge in [-0.25, -0.2) is 13.2 Å². The Morgan fingerprint density at radius 1 is 0.800 bits per heavy atom. The van der Waals surface area contributed by atoms with Gasteiger partial charge in [-0.3, -0.25) is 0 Å². The fraction of sp³-hybridized carbons (Fsp3) is 0.290. The quantitative estimate of drug-likeness (QED) is 0.212. The van der Waals surface area contributed by atoms with Crippen LogP contribution in [0.15, 0.2) is 60.7 Å². The van der Waals surface area contributed by atoms with Gasteiger partial charge < -0.3 is 4.74 Å². The Morgan fingerprint density at radius 3 is 2.30 bits per heavy atom. The van der Waals surface area contributed by atoms with Crippen molar-refractivity contribution >= 4 is 10.8 Å². The number of hydrogen-bond donors (Lipinski definition) is 0. The summed E-state index contributed by atoms with van der Waals surface area (Å²) in [7, 11) is 0. The fourth-order valence-electron chi connectivity index (χ4n) is 5.28. The maximum absolute atomic E-state index is 15.2. The molecule has 0 N–H and O–H groups in total. The van der Waals surface area contributed by atoms with Crippen molar-refractivity contribution in [2.45, 2.75) is 51.3 Å². The van der Waals surface area contributed by atoms with Crippen LogP contribution in [0.3, 0.4) is 0 Å². The largest absolute Gasteiger partial charge is 0.432 e. The lowest BCUT2D eigenvalue weighted by Crippen LogP contribution is -2.38. The summed E-state index contributed by atoms with van der Waals surface area (Å²) >= 11 is 0. The second kappa shape index (κ2) is 10.4. The van der Waals surface area contributed by atoms with Crippen molar-refractivity contribution < 1.29 is 39.9 Å². The lowest BCUT2D eigenvalue weighted by atomic mass is 9.82. The number of halogens is 8. The van der Waals surface area contributed by atoms with Crippen LogP contribution in [0.25, 0.3) is 21.9 Å². The van der Waals surface area contributed by atoms with Crippen molar-refractivity contribution in [2.24, 2.45) is 5.92 Å². The monoisotopic (exact) mass is 564 g/mol. The molecule has 0 heterocycles. The van der Waals surface area contributed by atoms with E-state index in [1.54, 1.807) is 24.3 Å². The van der Waals surface area contributed by atoms with Crippen LogP contribution in [0, 0.1) is 23.4 Å². The molecule has 0 spiro atoms. The second-order valence-electron chi connectivity index (χ2n) is 10.0. The summed E-state index contributed by atoms with van der Waals surface area (Å²) in [6.07, 6.45) is -7.15. The van der Waals surface area contributed by atoms with E-state index in [1.807, 2.05) is 6.92 Å². The average molecular weight is 565 g/mol. The molecular weight excluding hydrogens is 540 g/mol. The standard InChI is InChI=1S/C31H24F8O/c1-2-3-17-7-11-25(29(34)27(17)32)20-5-4-19-15-22(9-6-18(19)14-20)31(38,39)40-23-10-12-24-21(16-23)8-13-26(28(24)33)30(35,36)37/h4-5,7-8,10-14,16,22H,2-3,6,9,15H2,1H3. The Kier molecular flexibility index (Phi) is 7.27. The highest BCUT2D eigenvalue weighted by molar-refractivity contribution is 5.85. The predicted molar refractivity (Wildman–Crippen MR) is 136 cm³/mol. The van der Waals surface area contributed by atoms with Gasteiger partial charge in [-0.1, -0.05) is 49.7 Å². The molecule has 4 aromatic carbocycles. The highest BCUT2D eigenvalue weighted by atomic mass is 19.4. The number of ether oxygens (including phenoxy) is 1. The smallest absolute Gasteiger partial charge is 0.419 e. The number of hydrogen-bond acceptors (Lipinski definition) is 1. The molecule has 0 bridgehead atoms. The first-order valence-electron chi connectivity index (χ1n) is 12.8. The van der Waals surface area contributed by atoms with Crippen molar-refractivity contribution in [2.75, 3.05) is 0 Å². The lowest BCUT2D eigenvalue weighted by Gasteiger charge is -2.31. The van der Waals surface area contributed by atoms with Gasteiger partial charge in [0.2, 0.25) is 0 Å². The third-order valence-corrected chi connectivity index (χ3v) is 7.39. The van der Waals surface area contributed by atoms with Crippen LogP contribution in [0.1, 0.15) is 42.0 Å². The minimum Gasteiger partial charge on any atom is -0.432 e. The Balaban J connectivity index is 1.34. The Bertz CT molecular complexity index is 1570. The Hall–Kier alpha value is -3.62. The van der Waals surface area contributed by atoms with Gasteiger partial charge in [0.25, 0.3) is 0 Å². The fourth-order valence-corrected chi connectivity index (χ4v) is 5.28. The van der Waals surface area contributed by atoms with Crippen LogP contribution in [0.4, 0.5) is 35.1 Å². The van der Waals surface area contributed by atoms with E-state index in [1.165, 1.54) is 6.07 Å². The van der Waals surface area contributed by atoms with Crippen LogP contribution >= 0.6 is 0 Å². The topological polar surface area (TPSA) is 9.23 Å². The molecule has 0 aliphatic heterocycles. The van der Waals surface area contributed by atoms with E-state index in [-0.39, 0.29) is 41.3 Å². The Morgan fingerprint density at radius 2 is 1.57 bits per heavy atom. The minimum absolute atomic E-state index is 0.00767. The summed E-state index contributed by atoms with van der Waals surface area (Å²) in [4.78, 5) is 0. The van der Waals surface area contributed by atoms with Gasteiger partial charge in [-0.2, -0.15) is 22.0 Å². The van der Waals surface area contributed by atoms with Gasteiger partial charge in [0.05, 0.1) is 11.5 Å². The molecule has 1 unspecified atom stereocenters. The number of fused-ring (bicyclic) bond motifs is 2. The molecule has 5 rings (SSSR count). The lowest BCUT2D eigenvalue weighted by molar-refractivity contribution is -0.218. The zero-order valence-electron chi connectivity index (χ0n) is 21.3. The molecule has 0 saturated carbocycles. The summed E-state index contributed by atoms with van der Waals surface area (Å²) in [5.41, 5.74) is 0.803. The van der Waals surface area contributed by atoms with Crippen LogP contribution < -0.4 is 4.74 Å². The molecule has 0 saturated heterocycles. The highest BCUT2D eigenvalue weighted by Crippen LogP contribution is 2.41. The zero-order valence-corrected chi connectivity index (χ0v) is 21.3. The molecule has 1 aliphatic rings. The van der Waals surface area contributed by atoms with Crippen LogP contribution in [0.2, 0.25) is 0 Å². The molecule has 9 heteroatoms. The van der Waals surface area contributed by atoms with Crippen molar-refractivity contribution in [1.29, 1.82) is 0 Å². The maximum Gasteiger partial charge on any atom is 0.419 e. The molecule has 210 valence electrons. The van der Waals surface area contributed by atoms with Gasteiger partial charge >= 0.3 is 12.3 Å². The van der Waals surface area contributed by atoms with Crippen molar-refractivity contribution in [3.63, 3.8) is 0 Å². The van der Waals surface area contributed by atoms with E-state index in [4.69, 9.17) is 4.74 Å². The summed E-state index contributed by atoms with van der Waals surface area (Å²) in [5, 5.41) is -0.365. The number of rotatable bonds is 6.